The van der Waals surface area contributed by atoms with Crippen LogP contribution in [-0.2, 0) is 4.79 Å². The van der Waals surface area contributed by atoms with Crippen molar-refractivity contribution in [3.63, 3.8) is 0 Å². The molecule has 0 aliphatic rings. The Kier molecular flexibility index (Phi) is 4.60. The predicted octanol–water partition coefficient (Wildman–Crippen LogP) is 3.07. The van der Waals surface area contributed by atoms with E-state index in [1.165, 1.54) is 6.08 Å². The summed E-state index contributed by atoms with van der Waals surface area (Å²) >= 11 is 0. The molecule has 0 fully saturated rings. The van der Waals surface area contributed by atoms with Crippen LogP contribution in [0.15, 0.2) is 23.8 Å². The number of carbonyl (C=O) groups is 1. The predicted molar refractivity (Wildman–Crippen MR) is 53.3 cm³/mol. The first-order valence-electron chi connectivity index (χ1n) is 4.36. The van der Waals surface area contributed by atoms with Gasteiger partial charge in [0.25, 0.3) is 0 Å². The lowest BCUT2D eigenvalue weighted by atomic mass is 9.86. The molecule has 0 N–H and O–H groups in total. The van der Waals surface area contributed by atoms with E-state index in [0.717, 1.165) is 0 Å². The van der Waals surface area contributed by atoms with Gasteiger partial charge in [-0.05, 0) is 6.92 Å². The first-order valence-corrected chi connectivity index (χ1v) is 4.36. The standard InChI is InChI=1S/C11H17FO/c1-5-6-7-9(8-12)10(13)11(2,3)4/h5-7H,8H2,1-4H3/b6-5-,9-7+. The number of rotatable bonds is 3. The fourth-order valence-corrected chi connectivity index (χ4v) is 0.875. The van der Waals surface area contributed by atoms with Crippen LogP contribution in [0.1, 0.15) is 27.7 Å². The van der Waals surface area contributed by atoms with Crippen molar-refractivity contribution in [2.24, 2.45) is 5.41 Å². The second-order valence-electron chi connectivity index (χ2n) is 3.93. The van der Waals surface area contributed by atoms with Gasteiger partial charge < -0.3 is 0 Å². The minimum Gasteiger partial charge on any atom is -0.294 e. The van der Waals surface area contributed by atoms with Gasteiger partial charge in [-0.3, -0.25) is 4.79 Å². The van der Waals surface area contributed by atoms with Gasteiger partial charge >= 0.3 is 0 Å². The fraction of sp³-hybridized carbons (Fsp3) is 0.545. The molecule has 1 nitrogen and oxygen atoms in total. The maximum Gasteiger partial charge on any atom is 0.166 e. The molecule has 0 bridgehead atoms. The maximum atomic E-state index is 12.4. The van der Waals surface area contributed by atoms with Gasteiger partial charge in [0.15, 0.2) is 5.78 Å². The third-order valence-electron chi connectivity index (χ3n) is 1.61. The number of ketones is 1. The lowest BCUT2D eigenvalue weighted by molar-refractivity contribution is -0.122. The van der Waals surface area contributed by atoms with Crippen molar-refractivity contribution in [3.05, 3.63) is 23.8 Å². The van der Waals surface area contributed by atoms with Crippen molar-refractivity contribution in [3.8, 4) is 0 Å². The highest BCUT2D eigenvalue weighted by molar-refractivity contribution is 5.99. The Morgan fingerprint density at radius 2 is 1.92 bits per heavy atom. The van der Waals surface area contributed by atoms with Gasteiger partial charge in [0, 0.05) is 11.0 Å². The van der Waals surface area contributed by atoms with Gasteiger partial charge in [0.2, 0.25) is 0 Å². The number of alkyl halides is 1. The average Bonchev–Trinajstić information content (AvgIpc) is 2.04. The second-order valence-corrected chi connectivity index (χ2v) is 3.93. The highest BCUT2D eigenvalue weighted by Gasteiger charge is 2.24. The Morgan fingerprint density at radius 1 is 1.38 bits per heavy atom. The topological polar surface area (TPSA) is 17.1 Å². The van der Waals surface area contributed by atoms with Gasteiger partial charge in [0.1, 0.15) is 6.67 Å². The first kappa shape index (κ1) is 12.1. The van der Waals surface area contributed by atoms with Crippen molar-refractivity contribution < 1.29 is 9.18 Å². The van der Waals surface area contributed by atoms with E-state index in [4.69, 9.17) is 0 Å². The molecular weight excluding hydrogens is 167 g/mol. The van der Waals surface area contributed by atoms with Gasteiger partial charge in [0.05, 0.1) is 0 Å². The van der Waals surface area contributed by atoms with Crippen molar-refractivity contribution in [2.75, 3.05) is 6.67 Å². The van der Waals surface area contributed by atoms with Crippen LogP contribution in [0.3, 0.4) is 0 Å². The Bertz CT molecular complexity index is 231. The monoisotopic (exact) mass is 184 g/mol. The summed E-state index contributed by atoms with van der Waals surface area (Å²) in [6.45, 7) is 6.49. The van der Waals surface area contributed by atoms with E-state index in [2.05, 4.69) is 0 Å². The summed E-state index contributed by atoms with van der Waals surface area (Å²) < 4.78 is 12.4. The summed E-state index contributed by atoms with van der Waals surface area (Å²) in [5, 5.41) is 0. The van der Waals surface area contributed by atoms with Gasteiger partial charge in [-0.25, -0.2) is 4.39 Å². The molecule has 0 unspecified atom stereocenters. The molecule has 0 rings (SSSR count). The van der Waals surface area contributed by atoms with Crippen LogP contribution >= 0.6 is 0 Å². The molecule has 0 aliphatic heterocycles. The summed E-state index contributed by atoms with van der Waals surface area (Å²) in [5.74, 6) is -0.131. The van der Waals surface area contributed by atoms with Crippen LogP contribution in [0.4, 0.5) is 4.39 Å². The van der Waals surface area contributed by atoms with Crippen LogP contribution in [-0.4, -0.2) is 12.5 Å². The summed E-state index contributed by atoms with van der Waals surface area (Å²) in [5.41, 5.74) is -0.259. The highest BCUT2D eigenvalue weighted by Crippen LogP contribution is 2.20. The molecule has 0 radical (unpaired) electrons. The van der Waals surface area contributed by atoms with Crippen LogP contribution < -0.4 is 0 Å². The van der Waals surface area contributed by atoms with E-state index >= 15 is 0 Å². The normalized spacial score (nSPS) is 13.8. The zero-order chi connectivity index (χ0) is 10.5. The van der Waals surface area contributed by atoms with Crippen LogP contribution in [0.2, 0.25) is 0 Å². The molecule has 0 heterocycles. The Labute approximate surface area is 79.3 Å². The minimum atomic E-state index is -0.694. The Hall–Kier alpha value is -0.920. The molecule has 74 valence electrons. The molecule has 0 amide bonds. The van der Waals surface area contributed by atoms with Gasteiger partial charge in [-0.2, -0.15) is 0 Å². The van der Waals surface area contributed by atoms with E-state index in [1.807, 2.05) is 6.92 Å². The lowest BCUT2D eigenvalue weighted by Gasteiger charge is -2.16. The summed E-state index contributed by atoms with van der Waals surface area (Å²) in [6.07, 6.45) is 4.98. The summed E-state index contributed by atoms with van der Waals surface area (Å²) in [7, 11) is 0. The third kappa shape index (κ3) is 4.02. The number of allylic oxidation sites excluding steroid dienone is 4. The Balaban J connectivity index is 4.70. The maximum absolute atomic E-state index is 12.4. The van der Waals surface area contributed by atoms with Crippen molar-refractivity contribution in [2.45, 2.75) is 27.7 Å². The number of carbonyl (C=O) groups excluding carboxylic acids is 1. The molecule has 2 heteroatoms. The Morgan fingerprint density at radius 3 is 2.23 bits per heavy atom. The molecule has 0 saturated heterocycles. The molecule has 0 aromatic rings. The summed E-state index contributed by atoms with van der Waals surface area (Å²) in [6, 6.07) is 0. The van der Waals surface area contributed by atoms with Crippen molar-refractivity contribution >= 4 is 5.78 Å². The molecule has 0 aromatic heterocycles. The number of hydrogen-bond acceptors (Lipinski definition) is 1. The third-order valence-corrected chi connectivity index (χ3v) is 1.61. The number of halogens is 1. The largest absolute Gasteiger partial charge is 0.294 e. The minimum absolute atomic E-state index is 0.131. The van der Waals surface area contributed by atoms with Crippen LogP contribution in [0.5, 0.6) is 0 Å². The smallest absolute Gasteiger partial charge is 0.166 e. The second kappa shape index (κ2) is 4.95. The molecular formula is C11H17FO. The summed E-state index contributed by atoms with van der Waals surface area (Å²) in [4.78, 5) is 11.6. The average molecular weight is 184 g/mol. The fourth-order valence-electron chi connectivity index (χ4n) is 0.875. The van der Waals surface area contributed by atoms with Crippen LogP contribution in [0.25, 0.3) is 0 Å². The van der Waals surface area contributed by atoms with E-state index in [-0.39, 0.29) is 11.4 Å². The molecule has 13 heavy (non-hydrogen) atoms. The van der Waals surface area contributed by atoms with E-state index < -0.39 is 12.1 Å². The first-order chi connectivity index (χ1) is 5.93. The molecule has 0 saturated carbocycles. The van der Waals surface area contributed by atoms with Crippen molar-refractivity contribution in [1.29, 1.82) is 0 Å². The number of Topliss-reactive ketones (excluding diaryl/α,β-unsaturated/α-hetero) is 1. The van der Waals surface area contributed by atoms with Gasteiger partial charge in [-0.15, -0.1) is 0 Å². The SMILES string of the molecule is C/C=C\C=C(/CF)C(=O)C(C)(C)C. The lowest BCUT2D eigenvalue weighted by Crippen LogP contribution is -2.22. The van der Waals surface area contributed by atoms with Crippen molar-refractivity contribution in [1.82, 2.24) is 0 Å². The number of hydrogen-bond donors (Lipinski definition) is 0. The molecule has 0 spiro atoms. The van der Waals surface area contributed by atoms with E-state index in [0.29, 0.717) is 0 Å². The van der Waals surface area contributed by atoms with Crippen LogP contribution in [0, 0.1) is 5.41 Å². The zero-order valence-corrected chi connectivity index (χ0v) is 8.73. The molecule has 0 atom stereocenters. The van der Waals surface area contributed by atoms with Gasteiger partial charge in [-0.1, -0.05) is 39.0 Å². The van der Waals surface area contributed by atoms with E-state index in [1.54, 1.807) is 32.9 Å². The molecule has 0 aliphatic carbocycles. The molecule has 0 aromatic carbocycles. The highest BCUT2D eigenvalue weighted by atomic mass is 19.1. The quantitative estimate of drug-likeness (QED) is 0.486. The zero-order valence-electron chi connectivity index (χ0n) is 8.73. The van der Waals surface area contributed by atoms with E-state index in [9.17, 15) is 9.18 Å².